The molecule has 1 N–H and O–H groups in total. The second-order valence-electron chi connectivity index (χ2n) is 14.9. The number of benzene rings is 2. The van der Waals surface area contributed by atoms with Crippen LogP contribution in [0.1, 0.15) is 47.9 Å². The molecule has 258 valence electrons. The predicted molar refractivity (Wildman–Crippen MR) is 188 cm³/mol. The first-order valence-electron chi connectivity index (χ1n) is 17.7. The Morgan fingerprint density at radius 2 is 1.33 bits per heavy atom. The molecule has 2 aromatic carbocycles. The van der Waals surface area contributed by atoms with Gasteiger partial charge in [0.2, 0.25) is 0 Å². The Labute approximate surface area is 294 Å². The molecule has 1 saturated carbocycles. The van der Waals surface area contributed by atoms with Crippen molar-refractivity contribution in [2.45, 2.75) is 73.6 Å². The Kier molecular flexibility index (Phi) is 7.18. The molecule has 0 unspecified atom stereocenters. The molecule has 2 aromatic rings. The largest absolute Gasteiger partial charge is 0.497 e. The number of likely N-dealkylation sites (tertiary alicyclic amines) is 1. The van der Waals surface area contributed by atoms with Crippen LogP contribution in [0.25, 0.3) is 0 Å². The Morgan fingerprint density at radius 1 is 0.735 bits per heavy atom. The van der Waals surface area contributed by atoms with Crippen LogP contribution in [-0.2, 0) is 33.1 Å². The van der Waals surface area contributed by atoms with Gasteiger partial charge in [0.1, 0.15) is 11.5 Å². The highest BCUT2D eigenvalue weighted by Crippen LogP contribution is 2.63. The van der Waals surface area contributed by atoms with Crippen molar-refractivity contribution in [1.29, 1.82) is 0 Å². The number of piperidine rings is 2. The average molecular weight is 685 g/mol. The second-order valence-corrected chi connectivity index (χ2v) is 14.9. The number of nitrogens with one attached hydrogen (secondary N) is 1. The number of methoxy groups -OCH3 is 4. The van der Waals surface area contributed by atoms with Crippen molar-refractivity contribution in [2.24, 2.45) is 5.92 Å². The highest BCUT2D eigenvalue weighted by atomic mass is 35.5. The van der Waals surface area contributed by atoms with Gasteiger partial charge in [-0.3, -0.25) is 4.90 Å². The van der Waals surface area contributed by atoms with Gasteiger partial charge in [-0.1, -0.05) is 24.3 Å². The van der Waals surface area contributed by atoms with E-state index in [0.29, 0.717) is 12.1 Å². The van der Waals surface area contributed by atoms with Crippen molar-refractivity contribution in [1.82, 2.24) is 10.2 Å². The molecule has 9 heteroatoms. The van der Waals surface area contributed by atoms with Gasteiger partial charge in [-0.25, -0.2) is 0 Å². The van der Waals surface area contributed by atoms with Crippen molar-refractivity contribution in [3.63, 3.8) is 0 Å². The highest BCUT2D eigenvalue weighted by molar-refractivity contribution is 5.85. The monoisotopic (exact) mass is 684 g/mol. The van der Waals surface area contributed by atoms with Crippen LogP contribution < -0.4 is 24.3 Å². The van der Waals surface area contributed by atoms with Crippen LogP contribution in [0.3, 0.4) is 0 Å². The summed E-state index contributed by atoms with van der Waals surface area (Å²) in [6.45, 7) is 3.41. The quantitative estimate of drug-likeness (QED) is 0.415. The zero-order valence-electron chi connectivity index (χ0n) is 28.7. The number of allylic oxidation sites excluding steroid dienone is 4. The van der Waals surface area contributed by atoms with Gasteiger partial charge in [0, 0.05) is 36.3 Å². The van der Waals surface area contributed by atoms with Gasteiger partial charge in [-0.2, -0.15) is 0 Å². The van der Waals surface area contributed by atoms with Crippen LogP contribution in [-0.4, -0.2) is 77.3 Å². The standard InChI is InChI=1S/C22H25NO3.C18H19NO3.ClH/c1-24-17-7-5-14-11-16-15-6-8-18(25-2)21-22(15,19(14)20(17)26-21)9-10-23(16)12-13-3-4-13;1-20-13-5-3-10-9-12-11-4-6-14(21-2)17-18(11,7-8-19-12)15(10)16(13)22-17;/h5-8,13,16,21H,3-4,9-12H2,1-2H3;3-6,12,17,19H,7-9H2,1-2H3;1H/t16-,21+,22+;12-,17+,18+;/m11./s1. The maximum atomic E-state index is 6.56. The van der Waals surface area contributed by atoms with E-state index in [9.17, 15) is 0 Å². The van der Waals surface area contributed by atoms with E-state index in [-0.39, 0.29) is 35.4 Å². The lowest BCUT2D eigenvalue weighted by molar-refractivity contribution is 0.0624. The summed E-state index contributed by atoms with van der Waals surface area (Å²) in [6.07, 6.45) is 15.7. The first kappa shape index (κ1) is 31.4. The fourth-order valence-corrected chi connectivity index (χ4v) is 10.7. The van der Waals surface area contributed by atoms with Crippen molar-refractivity contribution in [3.05, 3.63) is 93.5 Å². The van der Waals surface area contributed by atoms with E-state index >= 15 is 0 Å². The van der Waals surface area contributed by atoms with E-state index in [1.165, 1.54) is 52.8 Å². The minimum atomic E-state index is -0.0759. The third-order valence-corrected chi connectivity index (χ3v) is 12.9. The van der Waals surface area contributed by atoms with Gasteiger partial charge in [-0.15, -0.1) is 12.4 Å². The van der Waals surface area contributed by atoms with Crippen molar-refractivity contribution < 1.29 is 28.4 Å². The van der Waals surface area contributed by atoms with Crippen LogP contribution in [0.2, 0.25) is 0 Å². The van der Waals surface area contributed by atoms with Crippen LogP contribution in [0.5, 0.6) is 23.0 Å². The molecule has 4 heterocycles. The van der Waals surface area contributed by atoms with Gasteiger partial charge in [0.15, 0.2) is 35.2 Å². The van der Waals surface area contributed by atoms with Gasteiger partial charge >= 0.3 is 0 Å². The van der Waals surface area contributed by atoms with Crippen LogP contribution in [0, 0.1) is 5.92 Å². The summed E-state index contributed by atoms with van der Waals surface area (Å²) in [5.41, 5.74) is 8.36. The normalized spacial score (nSPS) is 32.9. The fraction of sp³-hybridized carbons (Fsp3) is 0.500. The molecular weight excluding hydrogens is 640 g/mol. The number of hydrogen-bond donors (Lipinski definition) is 1. The summed E-state index contributed by atoms with van der Waals surface area (Å²) >= 11 is 0. The summed E-state index contributed by atoms with van der Waals surface area (Å²) in [4.78, 5) is 2.74. The molecule has 49 heavy (non-hydrogen) atoms. The summed E-state index contributed by atoms with van der Waals surface area (Å²) in [5.74, 6) is 6.31. The molecule has 8 nitrogen and oxygen atoms in total. The van der Waals surface area contributed by atoms with Gasteiger partial charge in [-0.05, 0) is 97.5 Å². The summed E-state index contributed by atoms with van der Waals surface area (Å²) in [5, 5.41) is 3.67. The molecule has 5 aliphatic carbocycles. The molecule has 0 amide bonds. The number of halogens is 1. The van der Waals surface area contributed by atoms with E-state index < -0.39 is 0 Å². The van der Waals surface area contributed by atoms with E-state index in [2.05, 4.69) is 52.7 Å². The lowest BCUT2D eigenvalue weighted by Crippen LogP contribution is -2.59. The Balaban J connectivity index is 0.000000132. The topological polar surface area (TPSA) is 70.7 Å². The zero-order chi connectivity index (χ0) is 32.4. The molecule has 2 saturated heterocycles. The van der Waals surface area contributed by atoms with E-state index in [4.69, 9.17) is 28.4 Å². The van der Waals surface area contributed by atoms with E-state index in [1.807, 2.05) is 6.07 Å². The molecule has 9 aliphatic rings. The molecule has 11 rings (SSSR count). The van der Waals surface area contributed by atoms with Crippen molar-refractivity contribution in [3.8, 4) is 23.0 Å². The van der Waals surface area contributed by atoms with Gasteiger partial charge in [0.25, 0.3) is 0 Å². The molecular formula is C40H45ClN2O6. The lowest BCUT2D eigenvalue weighted by Gasteiger charge is -2.53. The molecule has 0 aromatic heterocycles. The molecule has 4 aliphatic heterocycles. The van der Waals surface area contributed by atoms with E-state index in [0.717, 1.165) is 79.2 Å². The second kappa shape index (κ2) is 11.2. The minimum Gasteiger partial charge on any atom is -0.497 e. The SMILES string of the molecule is COC1=CC=C2[C@H]3Cc4ccc(OC)c5c4[C@@]2(CCN3)[C@H]1O5.COC1=CC=C2[C@H]3Cc4ccc(OC)c5c4[C@@]2(CCN3CC2CC2)[C@H]1O5.Cl. The number of rotatable bonds is 6. The first-order chi connectivity index (χ1) is 23.5. The maximum Gasteiger partial charge on any atom is 0.169 e. The zero-order valence-corrected chi connectivity index (χ0v) is 29.5. The number of nitrogens with zero attached hydrogens (tertiary/aromatic N) is 1. The summed E-state index contributed by atoms with van der Waals surface area (Å²) in [7, 11) is 6.93. The molecule has 0 radical (unpaired) electrons. The third kappa shape index (κ3) is 4.05. The van der Waals surface area contributed by atoms with E-state index in [1.54, 1.807) is 28.4 Å². The highest BCUT2D eigenvalue weighted by Gasteiger charge is 2.63. The van der Waals surface area contributed by atoms with Crippen LogP contribution in [0.15, 0.2) is 71.2 Å². The van der Waals surface area contributed by atoms with Gasteiger partial charge < -0.3 is 33.7 Å². The molecule has 6 atom stereocenters. The van der Waals surface area contributed by atoms with Crippen molar-refractivity contribution in [2.75, 3.05) is 48.1 Å². The summed E-state index contributed by atoms with van der Waals surface area (Å²) in [6, 6.07) is 9.47. The number of ether oxygens (including phenoxy) is 6. The molecule has 2 spiro atoms. The minimum absolute atomic E-state index is 0. The lowest BCUT2D eigenvalue weighted by atomic mass is 9.57. The smallest absolute Gasteiger partial charge is 0.169 e. The third-order valence-electron chi connectivity index (χ3n) is 12.9. The summed E-state index contributed by atoms with van der Waals surface area (Å²) < 4.78 is 35.6. The Hall–Kier alpha value is -3.59. The van der Waals surface area contributed by atoms with Crippen LogP contribution in [0.4, 0.5) is 0 Å². The number of hydrogen-bond acceptors (Lipinski definition) is 8. The van der Waals surface area contributed by atoms with Gasteiger partial charge in [0.05, 0.1) is 39.3 Å². The Morgan fingerprint density at radius 3 is 1.92 bits per heavy atom. The Bertz CT molecular complexity index is 1860. The maximum absolute atomic E-state index is 6.56. The first-order valence-corrected chi connectivity index (χ1v) is 17.7. The molecule has 3 fully saturated rings. The van der Waals surface area contributed by atoms with Crippen LogP contribution >= 0.6 is 12.4 Å². The fourth-order valence-electron chi connectivity index (χ4n) is 10.7. The predicted octanol–water partition coefficient (Wildman–Crippen LogP) is 5.71. The molecule has 4 bridgehead atoms. The van der Waals surface area contributed by atoms with Crippen molar-refractivity contribution >= 4 is 12.4 Å². The average Bonchev–Trinajstić information content (AvgIpc) is 3.77.